The molecule has 1 N–H and O–H groups in total. The highest BCUT2D eigenvalue weighted by Crippen LogP contribution is 2.23. The first-order chi connectivity index (χ1) is 11.8. The van der Waals surface area contributed by atoms with Crippen molar-refractivity contribution in [2.24, 2.45) is 0 Å². The largest absolute Gasteiger partial charge is 0.330 e. The number of carbonyl (C=O) groups excluding carboxylic acids is 1. The second-order valence-electron chi connectivity index (χ2n) is 6.07. The van der Waals surface area contributed by atoms with E-state index in [0.717, 1.165) is 42.5 Å². The minimum atomic E-state index is 0.0695. The molecule has 1 amide bonds. The van der Waals surface area contributed by atoms with Gasteiger partial charge < -0.3 is 10.2 Å². The summed E-state index contributed by atoms with van der Waals surface area (Å²) >= 11 is 3.51. The van der Waals surface area contributed by atoms with Crippen molar-refractivity contribution >= 4 is 21.8 Å². The lowest BCUT2D eigenvalue weighted by Crippen LogP contribution is -2.40. The van der Waals surface area contributed by atoms with Gasteiger partial charge in [-0.1, -0.05) is 18.2 Å². The molecule has 126 valence electrons. The molecule has 0 saturated carbocycles. The van der Waals surface area contributed by atoms with Gasteiger partial charge in [-0.15, -0.1) is 0 Å². The molecule has 1 atom stereocenters. The Labute approximate surface area is 151 Å². The number of nitrogens with zero attached hydrogens (tertiary/aromatic N) is 2. The van der Waals surface area contributed by atoms with Crippen LogP contribution in [0.3, 0.4) is 0 Å². The van der Waals surface area contributed by atoms with Gasteiger partial charge in [0.2, 0.25) is 0 Å². The molecule has 0 aliphatic carbocycles. The van der Waals surface area contributed by atoms with Crippen LogP contribution in [0.15, 0.2) is 53.1 Å². The summed E-state index contributed by atoms with van der Waals surface area (Å²) in [6, 6.07) is 13.7. The summed E-state index contributed by atoms with van der Waals surface area (Å²) in [4.78, 5) is 19.6. The maximum Gasteiger partial charge on any atom is 0.255 e. The molecule has 0 bridgehead atoms. The van der Waals surface area contributed by atoms with E-state index >= 15 is 0 Å². The van der Waals surface area contributed by atoms with Gasteiger partial charge >= 0.3 is 0 Å². The van der Waals surface area contributed by atoms with Gasteiger partial charge in [0.15, 0.2) is 0 Å². The predicted octanol–water partition coefficient (Wildman–Crippen LogP) is 3.63. The first-order valence-corrected chi connectivity index (χ1v) is 9.21. The van der Waals surface area contributed by atoms with Crippen molar-refractivity contribution in [2.45, 2.75) is 31.8 Å². The zero-order valence-electron chi connectivity index (χ0n) is 13.6. The summed E-state index contributed by atoms with van der Waals surface area (Å²) in [6.45, 7) is 2.52. The third-order valence-corrected chi connectivity index (χ3v) is 5.10. The van der Waals surface area contributed by atoms with E-state index in [4.69, 9.17) is 0 Å². The van der Waals surface area contributed by atoms with E-state index in [2.05, 4.69) is 26.2 Å². The highest BCUT2D eigenvalue weighted by Gasteiger charge is 2.27. The Balaban J connectivity index is 1.88. The van der Waals surface area contributed by atoms with E-state index in [1.165, 1.54) is 0 Å². The molecular formula is C19H22BrN3O. The number of halogens is 1. The normalized spacial score (nSPS) is 18.0. The van der Waals surface area contributed by atoms with Crippen LogP contribution in [-0.4, -0.2) is 34.9 Å². The number of benzene rings is 1. The molecule has 0 spiro atoms. The quantitative estimate of drug-likeness (QED) is 0.870. The van der Waals surface area contributed by atoms with Gasteiger partial charge in [-0.2, -0.15) is 0 Å². The SMILES string of the molecule is O=C(c1ccccc1Br)N(Cc1ccccn1)C1CCCNCC1. The Kier molecular flexibility index (Phi) is 5.99. The number of amides is 1. The maximum atomic E-state index is 13.2. The molecule has 5 heteroatoms. The van der Waals surface area contributed by atoms with Gasteiger partial charge in [-0.3, -0.25) is 9.78 Å². The zero-order valence-corrected chi connectivity index (χ0v) is 15.2. The Morgan fingerprint density at radius 3 is 2.79 bits per heavy atom. The van der Waals surface area contributed by atoms with Crippen LogP contribution in [-0.2, 0) is 6.54 Å². The van der Waals surface area contributed by atoms with Crippen molar-refractivity contribution in [1.29, 1.82) is 0 Å². The summed E-state index contributed by atoms with van der Waals surface area (Å²) < 4.78 is 0.841. The lowest BCUT2D eigenvalue weighted by molar-refractivity contribution is 0.0641. The summed E-state index contributed by atoms with van der Waals surface area (Å²) in [5.74, 6) is 0.0695. The van der Waals surface area contributed by atoms with Crippen LogP contribution >= 0.6 is 15.9 Å². The zero-order chi connectivity index (χ0) is 16.8. The second-order valence-corrected chi connectivity index (χ2v) is 6.92. The molecule has 3 rings (SSSR count). The number of hydrogen-bond acceptors (Lipinski definition) is 3. The minimum Gasteiger partial charge on any atom is -0.330 e. The van der Waals surface area contributed by atoms with Crippen LogP contribution < -0.4 is 5.32 Å². The number of hydrogen-bond donors (Lipinski definition) is 1. The van der Waals surface area contributed by atoms with E-state index in [-0.39, 0.29) is 11.9 Å². The summed E-state index contributed by atoms with van der Waals surface area (Å²) in [6.07, 6.45) is 4.87. The number of rotatable bonds is 4. The Morgan fingerprint density at radius 2 is 2.00 bits per heavy atom. The molecule has 2 aromatic rings. The molecule has 0 radical (unpaired) electrons. The van der Waals surface area contributed by atoms with Gasteiger partial charge in [0.25, 0.3) is 5.91 Å². The maximum absolute atomic E-state index is 13.2. The predicted molar refractivity (Wildman–Crippen MR) is 98.8 cm³/mol. The molecular weight excluding hydrogens is 366 g/mol. The first-order valence-electron chi connectivity index (χ1n) is 8.42. The average Bonchev–Trinajstić information content (AvgIpc) is 2.90. The van der Waals surface area contributed by atoms with Crippen LogP contribution in [0.2, 0.25) is 0 Å². The van der Waals surface area contributed by atoms with Crippen molar-refractivity contribution in [2.75, 3.05) is 13.1 Å². The number of aromatic nitrogens is 1. The van der Waals surface area contributed by atoms with E-state index in [0.29, 0.717) is 12.1 Å². The molecule has 1 saturated heterocycles. The van der Waals surface area contributed by atoms with Crippen LogP contribution in [0.5, 0.6) is 0 Å². The Bertz CT molecular complexity index is 669. The third kappa shape index (κ3) is 4.22. The van der Waals surface area contributed by atoms with Crippen molar-refractivity contribution in [3.63, 3.8) is 0 Å². The second kappa shape index (κ2) is 8.40. The molecule has 2 heterocycles. The van der Waals surface area contributed by atoms with Gasteiger partial charge in [-0.25, -0.2) is 0 Å². The fourth-order valence-corrected chi connectivity index (χ4v) is 3.59. The molecule has 24 heavy (non-hydrogen) atoms. The lowest BCUT2D eigenvalue weighted by atomic mass is 10.0. The molecule has 1 unspecified atom stereocenters. The van der Waals surface area contributed by atoms with Crippen LogP contribution in [0, 0.1) is 0 Å². The highest BCUT2D eigenvalue weighted by molar-refractivity contribution is 9.10. The number of nitrogens with one attached hydrogen (secondary N) is 1. The third-order valence-electron chi connectivity index (χ3n) is 4.41. The van der Waals surface area contributed by atoms with E-state index in [1.807, 2.05) is 47.4 Å². The summed E-state index contributed by atoms with van der Waals surface area (Å²) in [5.41, 5.74) is 1.64. The van der Waals surface area contributed by atoms with E-state index in [9.17, 15) is 4.79 Å². The van der Waals surface area contributed by atoms with Gasteiger partial charge in [0.1, 0.15) is 0 Å². The fourth-order valence-electron chi connectivity index (χ4n) is 3.13. The lowest BCUT2D eigenvalue weighted by Gasteiger charge is -2.31. The molecule has 1 aromatic heterocycles. The molecule has 1 aromatic carbocycles. The van der Waals surface area contributed by atoms with Crippen LogP contribution in [0.4, 0.5) is 0 Å². The van der Waals surface area contributed by atoms with Gasteiger partial charge in [0, 0.05) is 16.7 Å². The molecule has 1 aliphatic rings. The van der Waals surface area contributed by atoms with Crippen molar-refractivity contribution in [3.8, 4) is 0 Å². The van der Waals surface area contributed by atoms with Crippen molar-refractivity contribution in [1.82, 2.24) is 15.2 Å². The van der Waals surface area contributed by atoms with Crippen molar-refractivity contribution in [3.05, 3.63) is 64.4 Å². The van der Waals surface area contributed by atoms with Gasteiger partial charge in [0.05, 0.1) is 17.8 Å². The monoisotopic (exact) mass is 387 g/mol. The first kappa shape index (κ1) is 17.1. The van der Waals surface area contributed by atoms with Gasteiger partial charge in [-0.05, 0) is 72.5 Å². The van der Waals surface area contributed by atoms with Crippen molar-refractivity contribution < 1.29 is 4.79 Å². The minimum absolute atomic E-state index is 0.0695. The Morgan fingerprint density at radius 1 is 1.17 bits per heavy atom. The fraction of sp³-hybridized carbons (Fsp3) is 0.368. The highest BCUT2D eigenvalue weighted by atomic mass is 79.9. The van der Waals surface area contributed by atoms with Crippen LogP contribution in [0.1, 0.15) is 35.3 Å². The van der Waals surface area contributed by atoms with E-state index in [1.54, 1.807) is 6.20 Å². The summed E-state index contributed by atoms with van der Waals surface area (Å²) in [7, 11) is 0. The summed E-state index contributed by atoms with van der Waals surface area (Å²) in [5, 5.41) is 3.42. The van der Waals surface area contributed by atoms with E-state index < -0.39 is 0 Å². The van der Waals surface area contributed by atoms with Crippen LogP contribution in [0.25, 0.3) is 0 Å². The molecule has 1 fully saturated rings. The standard InChI is InChI=1S/C19H22BrN3O/c20-18-9-2-1-8-17(18)19(24)23(14-15-6-3-4-12-22-15)16-7-5-11-21-13-10-16/h1-4,6,8-9,12,16,21H,5,7,10-11,13-14H2. The number of carbonyl (C=O) groups is 1. The topological polar surface area (TPSA) is 45.2 Å². The molecule has 4 nitrogen and oxygen atoms in total. The average molecular weight is 388 g/mol. The number of pyridine rings is 1. The molecule has 1 aliphatic heterocycles. The smallest absolute Gasteiger partial charge is 0.255 e. The Hall–Kier alpha value is -1.72.